The maximum Gasteiger partial charge on any atom is 0.132 e. The topological polar surface area (TPSA) is 40.5 Å². The Morgan fingerprint density at radius 1 is 0.700 bits per heavy atom. The van der Waals surface area contributed by atoms with Gasteiger partial charge in [-0.2, -0.15) is 0 Å². The molecule has 0 unspecified atom stereocenters. The highest BCUT2D eigenvalue weighted by Crippen LogP contribution is 2.25. The van der Waals surface area contributed by atoms with Crippen molar-refractivity contribution in [1.82, 2.24) is 8.97 Å². The summed E-state index contributed by atoms with van der Waals surface area (Å²) in [5.41, 5.74) is 2.36. The minimum atomic E-state index is 0. The van der Waals surface area contributed by atoms with E-state index in [-0.39, 0.29) is 38.0 Å². The average molecular weight is 325 g/mol. The Labute approximate surface area is 134 Å². The molecule has 0 bridgehead atoms. The fraction of sp³-hybridized carbons (Fsp3) is 0.571. The van der Waals surface area contributed by atoms with Crippen LogP contribution in [-0.2, 0) is 0 Å². The molecule has 1 aromatic rings. The van der Waals surface area contributed by atoms with Crippen LogP contribution in [0.1, 0.15) is 0 Å². The SMILES string of the molecule is C[N+](C)(CCO)c1ccc([N+](C)(C)CCO)cc1.[Cl-].[Cl-]. The Balaban J connectivity index is 0. The predicted octanol–water partition coefficient (Wildman–Crippen LogP) is -5.19. The van der Waals surface area contributed by atoms with Crippen molar-refractivity contribution in [2.45, 2.75) is 0 Å². The van der Waals surface area contributed by atoms with Crippen molar-refractivity contribution < 1.29 is 35.0 Å². The Hall–Kier alpha value is -0.360. The summed E-state index contributed by atoms with van der Waals surface area (Å²) in [5, 5.41) is 18.1. The van der Waals surface area contributed by atoms with E-state index in [2.05, 4.69) is 52.5 Å². The Morgan fingerprint density at radius 2 is 0.950 bits per heavy atom. The molecule has 0 saturated heterocycles. The maximum atomic E-state index is 9.07. The smallest absolute Gasteiger partial charge is 0.132 e. The molecule has 1 rings (SSSR count). The first-order chi connectivity index (χ1) is 8.33. The van der Waals surface area contributed by atoms with E-state index in [1.54, 1.807) is 0 Å². The lowest BCUT2D eigenvalue weighted by Gasteiger charge is -2.31. The molecule has 2 N–H and O–H groups in total. The number of nitrogens with zero attached hydrogens (tertiary/aromatic N) is 2. The van der Waals surface area contributed by atoms with Crippen LogP contribution in [0, 0.1) is 0 Å². The summed E-state index contributed by atoms with van der Waals surface area (Å²) in [5.74, 6) is 0. The minimum Gasteiger partial charge on any atom is -1.00 e. The monoisotopic (exact) mass is 324 g/mol. The van der Waals surface area contributed by atoms with Gasteiger partial charge in [-0.3, -0.25) is 8.97 Å². The van der Waals surface area contributed by atoms with E-state index in [9.17, 15) is 0 Å². The van der Waals surface area contributed by atoms with Crippen LogP contribution >= 0.6 is 0 Å². The number of aliphatic hydroxyl groups excluding tert-OH is 2. The fourth-order valence-corrected chi connectivity index (χ4v) is 2.02. The van der Waals surface area contributed by atoms with Crippen molar-refractivity contribution in [3.8, 4) is 0 Å². The van der Waals surface area contributed by atoms with Crippen LogP contribution in [0.4, 0.5) is 11.4 Å². The van der Waals surface area contributed by atoms with Crippen LogP contribution in [0.15, 0.2) is 24.3 Å². The van der Waals surface area contributed by atoms with Gasteiger partial charge < -0.3 is 35.0 Å². The van der Waals surface area contributed by atoms with Crippen molar-refractivity contribution in [3.05, 3.63) is 24.3 Å². The number of quaternary nitrogens is 2. The van der Waals surface area contributed by atoms with Crippen molar-refractivity contribution in [2.24, 2.45) is 0 Å². The normalized spacial score (nSPS) is 11.5. The van der Waals surface area contributed by atoms with Gasteiger partial charge in [0.15, 0.2) is 0 Å². The van der Waals surface area contributed by atoms with Crippen LogP contribution in [0.2, 0.25) is 0 Å². The van der Waals surface area contributed by atoms with E-state index in [0.29, 0.717) is 22.1 Å². The van der Waals surface area contributed by atoms with E-state index in [1.165, 1.54) is 11.4 Å². The van der Waals surface area contributed by atoms with Crippen LogP contribution in [-0.4, -0.2) is 64.7 Å². The Kier molecular flexibility index (Phi) is 9.67. The third-order valence-electron chi connectivity index (χ3n) is 3.57. The molecular weight excluding hydrogens is 299 g/mol. The molecule has 0 heterocycles. The molecule has 4 nitrogen and oxygen atoms in total. The van der Waals surface area contributed by atoms with Gasteiger partial charge in [0.1, 0.15) is 24.5 Å². The van der Waals surface area contributed by atoms with Crippen molar-refractivity contribution in [3.63, 3.8) is 0 Å². The first kappa shape index (κ1) is 21.9. The first-order valence-corrected chi connectivity index (χ1v) is 6.32. The highest BCUT2D eigenvalue weighted by atomic mass is 35.5. The molecule has 0 radical (unpaired) electrons. The average Bonchev–Trinajstić information content (AvgIpc) is 2.29. The molecule has 0 fully saturated rings. The predicted molar refractivity (Wildman–Crippen MR) is 77.6 cm³/mol. The van der Waals surface area contributed by atoms with E-state index in [1.807, 2.05) is 0 Å². The van der Waals surface area contributed by atoms with E-state index in [4.69, 9.17) is 10.2 Å². The zero-order valence-corrected chi connectivity index (χ0v) is 14.2. The number of halogens is 2. The molecule has 0 aliphatic rings. The zero-order valence-electron chi connectivity index (χ0n) is 12.7. The van der Waals surface area contributed by atoms with E-state index in [0.717, 1.165) is 0 Å². The fourth-order valence-electron chi connectivity index (χ4n) is 2.02. The van der Waals surface area contributed by atoms with Gasteiger partial charge in [0.2, 0.25) is 0 Å². The number of hydrogen-bond donors (Lipinski definition) is 2. The minimum absolute atomic E-state index is 0. The lowest BCUT2D eigenvalue weighted by molar-refractivity contribution is -0.00100. The number of rotatable bonds is 6. The standard InChI is InChI=1S/C14H26N2O2.2ClH/c1-15(2,9-11-17)13-5-7-14(8-6-13)16(3,4)10-12-18;;/h5-8,17-18H,9-12H2,1-4H3;2*1H/q+2;;/p-2. The highest BCUT2D eigenvalue weighted by molar-refractivity contribution is 5.52. The summed E-state index contributed by atoms with van der Waals surface area (Å²) in [4.78, 5) is 0. The van der Waals surface area contributed by atoms with Gasteiger partial charge in [0, 0.05) is 24.3 Å². The molecule has 0 aromatic heterocycles. The molecule has 20 heavy (non-hydrogen) atoms. The zero-order chi connectivity index (χ0) is 13.8. The number of aliphatic hydroxyl groups is 2. The van der Waals surface area contributed by atoms with Gasteiger partial charge >= 0.3 is 0 Å². The summed E-state index contributed by atoms with van der Waals surface area (Å²) in [6.07, 6.45) is 0. The van der Waals surface area contributed by atoms with Crippen molar-refractivity contribution >= 4 is 11.4 Å². The summed E-state index contributed by atoms with van der Waals surface area (Å²) in [6, 6.07) is 8.40. The second kappa shape index (κ2) is 8.82. The third-order valence-corrected chi connectivity index (χ3v) is 3.57. The highest BCUT2D eigenvalue weighted by Gasteiger charge is 2.22. The summed E-state index contributed by atoms with van der Waals surface area (Å²) >= 11 is 0. The second-order valence-electron chi connectivity index (χ2n) is 5.78. The van der Waals surface area contributed by atoms with Gasteiger partial charge in [-0.15, -0.1) is 0 Å². The quantitative estimate of drug-likeness (QED) is 0.514. The molecule has 0 saturated carbocycles. The van der Waals surface area contributed by atoms with Crippen LogP contribution in [0.25, 0.3) is 0 Å². The van der Waals surface area contributed by atoms with Gasteiger partial charge in [0.25, 0.3) is 0 Å². The van der Waals surface area contributed by atoms with Crippen LogP contribution in [0.5, 0.6) is 0 Å². The summed E-state index contributed by atoms with van der Waals surface area (Å²) < 4.78 is 1.34. The van der Waals surface area contributed by atoms with E-state index < -0.39 is 0 Å². The van der Waals surface area contributed by atoms with Crippen molar-refractivity contribution in [2.75, 3.05) is 54.5 Å². The lowest BCUT2D eigenvalue weighted by atomic mass is 10.2. The Morgan fingerprint density at radius 3 is 1.15 bits per heavy atom. The van der Waals surface area contributed by atoms with Crippen LogP contribution < -0.4 is 33.8 Å². The van der Waals surface area contributed by atoms with Gasteiger partial charge in [0.05, 0.1) is 41.4 Å². The van der Waals surface area contributed by atoms with Crippen LogP contribution in [0.3, 0.4) is 0 Å². The molecule has 0 spiro atoms. The van der Waals surface area contributed by atoms with Gasteiger partial charge in [-0.05, 0) is 0 Å². The Bertz CT molecular complexity index is 344. The molecule has 118 valence electrons. The molecule has 0 atom stereocenters. The van der Waals surface area contributed by atoms with E-state index >= 15 is 0 Å². The molecule has 0 aliphatic heterocycles. The second-order valence-corrected chi connectivity index (χ2v) is 5.78. The van der Waals surface area contributed by atoms with Gasteiger partial charge in [-0.1, -0.05) is 0 Å². The van der Waals surface area contributed by atoms with Crippen molar-refractivity contribution in [1.29, 1.82) is 0 Å². The number of hydrogen-bond acceptors (Lipinski definition) is 2. The third kappa shape index (κ3) is 5.56. The largest absolute Gasteiger partial charge is 1.00 e. The maximum absolute atomic E-state index is 9.07. The molecule has 1 aromatic carbocycles. The number of benzene rings is 1. The molecular formula is C14H26Cl2N2O2. The summed E-state index contributed by atoms with van der Waals surface area (Å²) in [6.45, 7) is 1.77. The molecule has 6 heteroatoms. The molecule has 0 amide bonds. The van der Waals surface area contributed by atoms with Gasteiger partial charge in [-0.25, -0.2) is 0 Å². The summed E-state index contributed by atoms with van der Waals surface area (Å²) in [7, 11) is 8.33. The molecule has 0 aliphatic carbocycles. The first-order valence-electron chi connectivity index (χ1n) is 6.32. The lowest BCUT2D eigenvalue weighted by Crippen LogP contribution is -3.00. The number of likely N-dealkylation sites (N-methyl/N-ethyl adjacent to an activating group) is 2.